The minimum absolute atomic E-state index is 0.237. The fraction of sp³-hybridized carbons (Fsp3) is 0.308. The van der Waals surface area contributed by atoms with E-state index < -0.39 is 0 Å². The molecule has 2 nitrogen and oxygen atoms in total. The molecule has 16 heavy (non-hydrogen) atoms. The lowest BCUT2D eigenvalue weighted by atomic mass is 10.0. The molecule has 0 bridgehead atoms. The summed E-state index contributed by atoms with van der Waals surface area (Å²) >= 11 is 2.26. The Morgan fingerprint density at radius 2 is 1.81 bits per heavy atom. The third-order valence-corrected chi connectivity index (χ3v) is 3.14. The van der Waals surface area contributed by atoms with Crippen molar-refractivity contribution in [2.75, 3.05) is 6.61 Å². The van der Waals surface area contributed by atoms with E-state index in [-0.39, 0.29) is 5.97 Å². The van der Waals surface area contributed by atoms with Crippen LogP contribution in [0.2, 0.25) is 0 Å². The van der Waals surface area contributed by atoms with E-state index in [0.29, 0.717) is 12.2 Å². The molecule has 3 heteroatoms. The Hall–Kier alpha value is -0.840. The van der Waals surface area contributed by atoms with Gasteiger partial charge in [-0.2, -0.15) is 0 Å². The van der Waals surface area contributed by atoms with Crippen LogP contribution in [0.25, 0.3) is 5.57 Å². The standard InChI is InChI=1S/C13H15IO2/c1-4-16-13(15)10(3)9(2)11-5-7-12(14)8-6-11/h5-8H,4H2,1-3H3/b10-9-. The largest absolute Gasteiger partial charge is 0.463 e. The molecule has 0 aliphatic heterocycles. The van der Waals surface area contributed by atoms with Crippen LogP contribution in [0.15, 0.2) is 29.8 Å². The molecule has 0 heterocycles. The number of carbonyl (C=O) groups is 1. The zero-order chi connectivity index (χ0) is 12.1. The van der Waals surface area contributed by atoms with Crippen molar-refractivity contribution in [3.8, 4) is 0 Å². The van der Waals surface area contributed by atoms with Crippen molar-refractivity contribution in [3.05, 3.63) is 39.0 Å². The fourth-order valence-corrected chi connectivity index (χ4v) is 1.67. The predicted molar refractivity (Wildman–Crippen MR) is 74.1 cm³/mol. The summed E-state index contributed by atoms with van der Waals surface area (Å²) in [7, 11) is 0. The van der Waals surface area contributed by atoms with Crippen LogP contribution in [0.1, 0.15) is 26.3 Å². The number of halogens is 1. The Morgan fingerprint density at radius 1 is 1.25 bits per heavy atom. The van der Waals surface area contributed by atoms with Crippen molar-refractivity contribution in [1.82, 2.24) is 0 Å². The van der Waals surface area contributed by atoms with Crippen molar-refractivity contribution in [1.29, 1.82) is 0 Å². The van der Waals surface area contributed by atoms with Gasteiger partial charge in [0.25, 0.3) is 0 Å². The highest BCUT2D eigenvalue weighted by molar-refractivity contribution is 14.1. The van der Waals surface area contributed by atoms with Crippen LogP contribution < -0.4 is 0 Å². The van der Waals surface area contributed by atoms with E-state index in [0.717, 1.165) is 11.1 Å². The van der Waals surface area contributed by atoms with E-state index in [1.807, 2.05) is 38.1 Å². The Morgan fingerprint density at radius 3 is 2.31 bits per heavy atom. The highest BCUT2D eigenvalue weighted by Gasteiger charge is 2.09. The molecule has 0 aliphatic carbocycles. The summed E-state index contributed by atoms with van der Waals surface area (Å²) in [6.07, 6.45) is 0. The van der Waals surface area contributed by atoms with Crippen LogP contribution in [-0.4, -0.2) is 12.6 Å². The first kappa shape index (κ1) is 13.2. The van der Waals surface area contributed by atoms with Gasteiger partial charge in [-0.1, -0.05) is 12.1 Å². The van der Waals surface area contributed by atoms with Gasteiger partial charge < -0.3 is 4.74 Å². The number of hydrogen-bond donors (Lipinski definition) is 0. The second-order valence-corrected chi connectivity index (χ2v) is 4.72. The van der Waals surface area contributed by atoms with Gasteiger partial charge in [0.05, 0.1) is 6.61 Å². The maximum Gasteiger partial charge on any atom is 0.333 e. The Labute approximate surface area is 110 Å². The molecular formula is C13H15IO2. The average Bonchev–Trinajstić information content (AvgIpc) is 2.28. The maximum absolute atomic E-state index is 11.5. The third kappa shape index (κ3) is 3.33. The lowest BCUT2D eigenvalue weighted by molar-refractivity contribution is -0.138. The van der Waals surface area contributed by atoms with Gasteiger partial charge in [0.15, 0.2) is 0 Å². The minimum Gasteiger partial charge on any atom is -0.463 e. The van der Waals surface area contributed by atoms with Crippen LogP contribution in [0.5, 0.6) is 0 Å². The SMILES string of the molecule is CCOC(=O)/C(C)=C(/C)c1ccc(I)cc1. The lowest BCUT2D eigenvalue weighted by Crippen LogP contribution is -2.06. The fourth-order valence-electron chi connectivity index (χ4n) is 1.31. The summed E-state index contributed by atoms with van der Waals surface area (Å²) < 4.78 is 6.15. The quantitative estimate of drug-likeness (QED) is 0.480. The number of rotatable bonds is 3. The molecule has 1 aromatic carbocycles. The monoisotopic (exact) mass is 330 g/mol. The van der Waals surface area contributed by atoms with Crippen LogP contribution in [0.3, 0.4) is 0 Å². The molecule has 0 saturated carbocycles. The average molecular weight is 330 g/mol. The van der Waals surface area contributed by atoms with Crippen LogP contribution in [0, 0.1) is 3.57 Å². The number of ether oxygens (including phenoxy) is 1. The van der Waals surface area contributed by atoms with Crippen molar-refractivity contribution in [2.24, 2.45) is 0 Å². The van der Waals surface area contributed by atoms with Gasteiger partial charge in [-0.25, -0.2) is 4.79 Å². The van der Waals surface area contributed by atoms with Crippen molar-refractivity contribution >= 4 is 34.1 Å². The lowest BCUT2D eigenvalue weighted by Gasteiger charge is -2.07. The Kier molecular flexibility index (Phi) is 4.99. The molecule has 0 aromatic heterocycles. The van der Waals surface area contributed by atoms with Crippen LogP contribution >= 0.6 is 22.6 Å². The van der Waals surface area contributed by atoms with E-state index in [1.54, 1.807) is 6.92 Å². The zero-order valence-corrected chi connectivity index (χ0v) is 11.9. The second-order valence-electron chi connectivity index (χ2n) is 3.48. The highest BCUT2D eigenvalue weighted by atomic mass is 127. The molecule has 0 amide bonds. The molecule has 0 spiro atoms. The Bertz CT molecular complexity index is 404. The topological polar surface area (TPSA) is 26.3 Å². The Balaban J connectivity index is 2.99. The summed E-state index contributed by atoms with van der Waals surface area (Å²) in [5.74, 6) is -0.237. The first-order valence-electron chi connectivity index (χ1n) is 5.16. The van der Waals surface area contributed by atoms with Gasteiger partial charge in [-0.05, 0) is 66.6 Å². The molecular weight excluding hydrogens is 315 g/mol. The summed E-state index contributed by atoms with van der Waals surface area (Å²) in [5, 5.41) is 0. The number of esters is 1. The smallest absolute Gasteiger partial charge is 0.333 e. The molecule has 0 atom stereocenters. The second kappa shape index (κ2) is 6.03. The van der Waals surface area contributed by atoms with Gasteiger partial charge in [-0.3, -0.25) is 0 Å². The molecule has 0 saturated heterocycles. The summed E-state index contributed by atoms with van der Waals surface area (Å²) in [6.45, 7) is 5.96. The summed E-state index contributed by atoms with van der Waals surface area (Å²) in [6, 6.07) is 8.08. The minimum atomic E-state index is -0.237. The van der Waals surface area contributed by atoms with Crippen LogP contribution in [0.4, 0.5) is 0 Å². The van der Waals surface area contributed by atoms with Gasteiger partial charge in [0.1, 0.15) is 0 Å². The van der Waals surface area contributed by atoms with E-state index in [1.165, 1.54) is 3.57 Å². The van der Waals surface area contributed by atoms with Gasteiger partial charge in [-0.15, -0.1) is 0 Å². The number of hydrogen-bond acceptors (Lipinski definition) is 2. The third-order valence-electron chi connectivity index (χ3n) is 2.42. The van der Waals surface area contributed by atoms with E-state index in [2.05, 4.69) is 22.6 Å². The molecule has 0 fully saturated rings. The highest BCUT2D eigenvalue weighted by Crippen LogP contribution is 2.20. The van der Waals surface area contributed by atoms with Gasteiger partial charge in [0, 0.05) is 9.14 Å². The number of benzene rings is 1. The first-order valence-corrected chi connectivity index (χ1v) is 6.24. The molecule has 1 aromatic rings. The van der Waals surface area contributed by atoms with E-state index in [9.17, 15) is 4.79 Å². The predicted octanol–water partition coefficient (Wildman–Crippen LogP) is 3.65. The van der Waals surface area contributed by atoms with Gasteiger partial charge >= 0.3 is 5.97 Å². The summed E-state index contributed by atoms with van der Waals surface area (Å²) in [5.41, 5.74) is 2.70. The van der Waals surface area contributed by atoms with Crippen molar-refractivity contribution < 1.29 is 9.53 Å². The molecule has 1 rings (SSSR count). The normalized spacial score (nSPS) is 12.0. The van der Waals surface area contributed by atoms with Crippen molar-refractivity contribution in [3.63, 3.8) is 0 Å². The summed E-state index contributed by atoms with van der Waals surface area (Å²) in [4.78, 5) is 11.5. The molecule has 86 valence electrons. The maximum atomic E-state index is 11.5. The number of carbonyl (C=O) groups excluding carboxylic acids is 1. The molecule has 0 unspecified atom stereocenters. The number of allylic oxidation sites excluding steroid dienone is 1. The van der Waals surface area contributed by atoms with Crippen LogP contribution in [-0.2, 0) is 9.53 Å². The van der Waals surface area contributed by atoms with Gasteiger partial charge in [0.2, 0.25) is 0 Å². The van der Waals surface area contributed by atoms with E-state index >= 15 is 0 Å². The van der Waals surface area contributed by atoms with Crippen molar-refractivity contribution in [2.45, 2.75) is 20.8 Å². The molecule has 0 aliphatic rings. The zero-order valence-electron chi connectivity index (χ0n) is 9.71. The molecule has 0 N–H and O–H groups in total. The first-order chi connectivity index (χ1) is 7.56. The van der Waals surface area contributed by atoms with E-state index in [4.69, 9.17) is 4.74 Å². The molecule has 0 radical (unpaired) electrons.